The maximum atomic E-state index is 3.53. The van der Waals surface area contributed by atoms with E-state index in [2.05, 4.69) is 31.1 Å². The summed E-state index contributed by atoms with van der Waals surface area (Å²) in [5.74, 6) is 0. The minimum atomic E-state index is 0.692. The van der Waals surface area contributed by atoms with Gasteiger partial charge in [-0.3, -0.25) is 4.90 Å². The van der Waals surface area contributed by atoms with E-state index in [4.69, 9.17) is 0 Å². The molecule has 0 aliphatic heterocycles. The second-order valence-corrected chi connectivity index (χ2v) is 4.66. The third kappa shape index (κ3) is 3.58. The van der Waals surface area contributed by atoms with Crippen molar-refractivity contribution in [3.63, 3.8) is 0 Å². The molecule has 1 fully saturated rings. The Morgan fingerprint density at radius 2 is 2.14 bits per heavy atom. The Labute approximate surface area is 89.1 Å². The van der Waals surface area contributed by atoms with E-state index in [0.29, 0.717) is 6.04 Å². The van der Waals surface area contributed by atoms with Crippen molar-refractivity contribution in [1.29, 1.82) is 0 Å². The maximum absolute atomic E-state index is 3.53. The lowest BCUT2D eigenvalue weighted by Gasteiger charge is -2.38. The highest BCUT2D eigenvalue weighted by Crippen LogP contribution is 2.24. The molecule has 14 heavy (non-hydrogen) atoms. The SMILES string of the molecule is CCCCNCC(C)N(C)C1CCC1. The van der Waals surface area contributed by atoms with E-state index in [-0.39, 0.29) is 0 Å². The summed E-state index contributed by atoms with van der Waals surface area (Å²) in [5, 5.41) is 3.53. The molecular formula is C12H26N2. The van der Waals surface area contributed by atoms with E-state index in [1.54, 1.807) is 0 Å². The normalized spacial score (nSPS) is 19.7. The second kappa shape index (κ2) is 6.41. The quantitative estimate of drug-likeness (QED) is 0.631. The van der Waals surface area contributed by atoms with Crippen molar-refractivity contribution in [3.8, 4) is 0 Å². The number of rotatable bonds is 7. The number of nitrogens with zero attached hydrogens (tertiary/aromatic N) is 1. The molecule has 1 atom stereocenters. The van der Waals surface area contributed by atoms with E-state index in [1.807, 2.05) is 0 Å². The third-order valence-corrected chi connectivity index (χ3v) is 3.49. The standard InChI is InChI=1S/C12H26N2/c1-4-5-9-13-10-11(2)14(3)12-7-6-8-12/h11-13H,4-10H2,1-3H3. The van der Waals surface area contributed by atoms with Gasteiger partial charge in [0, 0.05) is 18.6 Å². The van der Waals surface area contributed by atoms with Crippen molar-refractivity contribution in [1.82, 2.24) is 10.2 Å². The summed E-state index contributed by atoms with van der Waals surface area (Å²) in [4.78, 5) is 2.54. The van der Waals surface area contributed by atoms with Crippen molar-refractivity contribution < 1.29 is 0 Å². The molecule has 0 bridgehead atoms. The molecule has 0 radical (unpaired) electrons. The van der Waals surface area contributed by atoms with Gasteiger partial charge in [-0.15, -0.1) is 0 Å². The fraction of sp³-hybridized carbons (Fsp3) is 1.00. The largest absolute Gasteiger partial charge is 0.315 e. The van der Waals surface area contributed by atoms with E-state index in [0.717, 1.165) is 12.6 Å². The molecule has 0 aromatic carbocycles. The predicted molar refractivity (Wildman–Crippen MR) is 62.6 cm³/mol. The zero-order valence-electron chi connectivity index (χ0n) is 10.1. The Morgan fingerprint density at radius 3 is 2.64 bits per heavy atom. The molecule has 2 heteroatoms. The third-order valence-electron chi connectivity index (χ3n) is 3.49. The number of hydrogen-bond donors (Lipinski definition) is 1. The lowest BCUT2D eigenvalue weighted by molar-refractivity contribution is 0.117. The van der Waals surface area contributed by atoms with Crippen LogP contribution in [0, 0.1) is 0 Å². The van der Waals surface area contributed by atoms with Crippen LogP contribution in [-0.4, -0.2) is 37.1 Å². The topological polar surface area (TPSA) is 15.3 Å². The van der Waals surface area contributed by atoms with Crippen LogP contribution >= 0.6 is 0 Å². The summed E-state index contributed by atoms with van der Waals surface area (Å²) in [5.41, 5.74) is 0. The van der Waals surface area contributed by atoms with Gasteiger partial charge in [0.2, 0.25) is 0 Å². The zero-order valence-corrected chi connectivity index (χ0v) is 10.1. The minimum absolute atomic E-state index is 0.692. The summed E-state index contributed by atoms with van der Waals surface area (Å²) < 4.78 is 0. The molecule has 1 aliphatic rings. The van der Waals surface area contributed by atoms with Gasteiger partial charge in [-0.2, -0.15) is 0 Å². The lowest BCUT2D eigenvalue weighted by Crippen LogP contribution is -2.46. The van der Waals surface area contributed by atoms with Gasteiger partial charge in [0.1, 0.15) is 0 Å². The van der Waals surface area contributed by atoms with Crippen molar-refractivity contribution in [2.45, 2.75) is 58.0 Å². The van der Waals surface area contributed by atoms with Crippen LogP contribution in [-0.2, 0) is 0 Å². The van der Waals surface area contributed by atoms with E-state index in [1.165, 1.54) is 38.6 Å². The van der Waals surface area contributed by atoms with Crippen LogP contribution in [0.2, 0.25) is 0 Å². The highest BCUT2D eigenvalue weighted by molar-refractivity contribution is 4.81. The Balaban J connectivity index is 2.04. The monoisotopic (exact) mass is 198 g/mol. The number of likely N-dealkylation sites (N-methyl/N-ethyl adjacent to an activating group) is 1. The van der Waals surface area contributed by atoms with Gasteiger partial charge < -0.3 is 5.32 Å². The first-order valence-electron chi connectivity index (χ1n) is 6.18. The molecule has 1 rings (SSSR count). The van der Waals surface area contributed by atoms with Gasteiger partial charge in [0.05, 0.1) is 0 Å². The van der Waals surface area contributed by atoms with Crippen LogP contribution in [0.3, 0.4) is 0 Å². The van der Waals surface area contributed by atoms with Gasteiger partial charge in [0.15, 0.2) is 0 Å². The average Bonchev–Trinajstić information content (AvgIpc) is 2.09. The minimum Gasteiger partial charge on any atom is -0.315 e. The first kappa shape index (κ1) is 12.0. The fourth-order valence-electron chi connectivity index (χ4n) is 1.91. The summed E-state index contributed by atoms with van der Waals surface area (Å²) in [6.07, 6.45) is 6.86. The predicted octanol–water partition coefficient (Wildman–Crippen LogP) is 2.25. The van der Waals surface area contributed by atoms with Crippen LogP contribution < -0.4 is 5.32 Å². The molecule has 1 aliphatic carbocycles. The Kier molecular flexibility index (Phi) is 5.49. The maximum Gasteiger partial charge on any atom is 0.0192 e. The Bertz CT molecular complexity index is 143. The van der Waals surface area contributed by atoms with Gasteiger partial charge >= 0.3 is 0 Å². The molecule has 1 saturated carbocycles. The van der Waals surface area contributed by atoms with Gasteiger partial charge in [0.25, 0.3) is 0 Å². The number of nitrogens with one attached hydrogen (secondary N) is 1. The Hall–Kier alpha value is -0.0800. The van der Waals surface area contributed by atoms with Crippen molar-refractivity contribution in [3.05, 3.63) is 0 Å². The number of unbranched alkanes of at least 4 members (excludes halogenated alkanes) is 1. The number of hydrogen-bond acceptors (Lipinski definition) is 2. The lowest BCUT2D eigenvalue weighted by atomic mass is 9.91. The van der Waals surface area contributed by atoms with Gasteiger partial charge in [-0.25, -0.2) is 0 Å². The summed E-state index contributed by atoms with van der Waals surface area (Å²) in [6.45, 7) is 6.90. The summed E-state index contributed by atoms with van der Waals surface area (Å²) in [6, 6.07) is 1.56. The van der Waals surface area contributed by atoms with E-state index >= 15 is 0 Å². The van der Waals surface area contributed by atoms with Crippen LogP contribution in [0.4, 0.5) is 0 Å². The molecule has 84 valence electrons. The molecule has 0 aromatic rings. The molecule has 0 aromatic heterocycles. The first-order valence-corrected chi connectivity index (χ1v) is 6.18. The van der Waals surface area contributed by atoms with Gasteiger partial charge in [-0.05, 0) is 39.8 Å². The Morgan fingerprint density at radius 1 is 1.43 bits per heavy atom. The molecular weight excluding hydrogens is 172 g/mol. The zero-order chi connectivity index (χ0) is 10.4. The highest BCUT2D eigenvalue weighted by atomic mass is 15.2. The molecule has 1 N–H and O–H groups in total. The molecule has 0 heterocycles. The molecule has 1 unspecified atom stereocenters. The molecule has 0 saturated heterocycles. The molecule has 0 amide bonds. The van der Waals surface area contributed by atoms with E-state index < -0.39 is 0 Å². The summed E-state index contributed by atoms with van der Waals surface area (Å²) in [7, 11) is 2.27. The van der Waals surface area contributed by atoms with Crippen LogP contribution in [0.1, 0.15) is 46.0 Å². The first-order chi connectivity index (χ1) is 6.75. The van der Waals surface area contributed by atoms with Crippen molar-refractivity contribution >= 4 is 0 Å². The van der Waals surface area contributed by atoms with Crippen molar-refractivity contribution in [2.75, 3.05) is 20.1 Å². The average molecular weight is 198 g/mol. The fourth-order valence-corrected chi connectivity index (χ4v) is 1.91. The van der Waals surface area contributed by atoms with E-state index in [9.17, 15) is 0 Å². The van der Waals surface area contributed by atoms with Crippen LogP contribution in [0.5, 0.6) is 0 Å². The summed E-state index contributed by atoms with van der Waals surface area (Å²) >= 11 is 0. The van der Waals surface area contributed by atoms with Crippen molar-refractivity contribution in [2.24, 2.45) is 0 Å². The highest BCUT2D eigenvalue weighted by Gasteiger charge is 2.24. The van der Waals surface area contributed by atoms with Gasteiger partial charge in [-0.1, -0.05) is 19.8 Å². The van der Waals surface area contributed by atoms with Crippen LogP contribution in [0.25, 0.3) is 0 Å². The second-order valence-electron chi connectivity index (χ2n) is 4.66. The smallest absolute Gasteiger partial charge is 0.0192 e. The molecule has 2 nitrogen and oxygen atoms in total. The van der Waals surface area contributed by atoms with Crippen LogP contribution in [0.15, 0.2) is 0 Å². The molecule has 0 spiro atoms.